The van der Waals surface area contributed by atoms with Gasteiger partial charge in [0.1, 0.15) is 5.58 Å². The van der Waals surface area contributed by atoms with Gasteiger partial charge in [0.25, 0.3) is 5.91 Å². The number of ketones is 1. The first-order valence-corrected chi connectivity index (χ1v) is 12.4. The fourth-order valence-corrected chi connectivity index (χ4v) is 5.06. The molecule has 6 rings (SSSR count). The first kappa shape index (κ1) is 24.6. The SMILES string of the molecule is COc1ccc(C2C(C(=O)c3cc4cc(Cl)ccc4o3)=C(O)C(=O)N2c2nc3ccc(C)cc3[nH]2)cc1OC. The molecule has 0 saturated heterocycles. The van der Waals surface area contributed by atoms with E-state index in [4.69, 9.17) is 25.5 Å². The van der Waals surface area contributed by atoms with Crippen LogP contribution < -0.4 is 14.4 Å². The van der Waals surface area contributed by atoms with Gasteiger partial charge in [-0.25, -0.2) is 4.98 Å². The summed E-state index contributed by atoms with van der Waals surface area (Å²) in [6, 6.07) is 16.1. The number of rotatable bonds is 6. The molecule has 10 heteroatoms. The molecule has 1 amide bonds. The normalized spacial score (nSPS) is 15.5. The van der Waals surface area contributed by atoms with Crippen molar-refractivity contribution in [2.45, 2.75) is 13.0 Å². The molecule has 3 aromatic carbocycles. The Kier molecular flexibility index (Phi) is 5.80. The second-order valence-electron chi connectivity index (χ2n) is 9.16. The highest BCUT2D eigenvalue weighted by molar-refractivity contribution is 6.31. The molecule has 1 atom stereocenters. The number of Topliss-reactive ketones (excluding diaryl/α,β-unsaturated/α-hetero) is 1. The van der Waals surface area contributed by atoms with Gasteiger partial charge in [-0.05, 0) is 66.6 Å². The number of aromatic amines is 1. The Morgan fingerprint density at radius 3 is 2.62 bits per heavy atom. The van der Waals surface area contributed by atoms with Gasteiger partial charge < -0.3 is 24.0 Å². The number of aryl methyl sites for hydroxylation is 1. The van der Waals surface area contributed by atoms with Crippen LogP contribution in [0.1, 0.15) is 27.7 Å². The fourth-order valence-electron chi connectivity index (χ4n) is 4.88. The van der Waals surface area contributed by atoms with Gasteiger partial charge in [-0.3, -0.25) is 14.5 Å². The summed E-state index contributed by atoms with van der Waals surface area (Å²) < 4.78 is 16.6. The Morgan fingerprint density at radius 1 is 1.05 bits per heavy atom. The number of aromatic nitrogens is 2. The molecule has 1 aliphatic heterocycles. The Balaban J connectivity index is 1.53. The number of hydrogen-bond donors (Lipinski definition) is 2. The van der Waals surface area contributed by atoms with E-state index in [1.54, 1.807) is 36.4 Å². The zero-order chi connectivity index (χ0) is 27.4. The monoisotopic (exact) mass is 543 g/mol. The summed E-state index contributed by atoms with van der Waals surface area (Å²) in [4.78, 5) is 36.5. The van der Waals surface area contributed by atoms with Crippen LogP contribution in [-0.4, -0.2) is 41.0 Å². The average Bonchev–Trinajstić information content (AvgIpc) is 3.61. The standard InChI is InChI=1S/C29H22ClN3O6/c1-14-4-7-18-19(10-14)32-29(31-18)33-25(15-5-8-21(37-2)22(12-15)38-3)24(27(35)28(33)36)26(34)23-13-16-11-17(30)6-9-20(16)39-23/h4-13,25,35H,1-3H3,(H,31,32). The lowest BCUT2D eigenvalue weighted by molar-refractivity contribution is -0.117. The number of hydrogen-bond acceptors (Lipinski definition) is 7. The third-order valence-electron chi connectivity index (χ3n) is 6.73. The minimum atomic E-state index is -1.05. The number of carbonyl (C=O) groups excluding carboxylic acids is 2. The van der Waals surface area contributed by atoms with Gasteiger partial charge in [-0.15, -0.1) is 0 Å². The fraction of sp³-hybridized carbons (Fsp3) is 0.138. The maximum Gasteiger partial charge on any atom is 0.296 e. The number of amides is 1. The van der Waals surface area contributed by atoms with E-state index in [-0.39, 0.29) is 17.3 Å². The molecule has 2 aromatic heterocycles. The topological polar surface area (TPSA) is 118 Å². The van der Waals surface area contributed by atoms with E-state index in [0.29, 0.717) is 44.1 Å². The predicted molar refractivity (Wildman–Crippen MR) is 146 cm³/mol. The molecule has 0 aliphatic carbocycles. The van der Waals surface area contributed by atoms with Crippen LogP contribution in [0, 0.1) is 6.92 Å². The van der Waals surface area contributed by atoms with Crippen LogP contribution >= 0.6 is 11.6 Å². The van der Waals surface area contributed by atoms with Crippen LogP contribution in [0.15, 0.2) is 76.4 Å². The van der Waals surface area contributed by atoms with E-state index >= 15 is 0 Å². The Labute approximate surface area is 227 Å². The van der Waals surface area contributed by atoms with Crippen molar-refractivity contribution in [3.8, 4) is 11.5 Å². The molecule has 9 nitrogen and oxygen atoms in total. The lowest BCUT2D eigenvalue weighted by Gasteiger charge is -2.25. The summed E-state index contributed by atoms with van der Waals surface area (Å²) in [5.74, 6) is -1.16. The van der Waals surface area contributed by atoms with Crippen LogP contribution in [0.3, 0.4) is 0 Å². The van der Waals surface area contributed by atoms with E-state index in [2.05, 4.69) is 9.97 Å². The summed E-state index contributed by atoms with van der Waals surface area (Å²) in [6.07, 6.45) is 0. The van der Waals surface area contributed by atoms with Crippen LogP contribution in [0.5, 0.6) is 11.5 Å². The van der Waals surface area contributed by atoms with Crippen LogP contribution in [0.25, 0.3) is 22.0 Å². The first-order chi connectivity index (χ1) is 18.8. The number of furan rings is 1. The smallest absolute Gasteiger partial charge is 0.296 e. The molecule has 1 unspecified atom stereocenters. The van der Waals surface area contributed by atoms with Crippen molar-refractivity contribution in [1.82, 2.24) is 9.97 Å². The van der Waals surface area contributed by atoms with Crippen molar-refractivity contribution < 1.29 is 28.6 Å². The van der Waals surface area contributed by atoms with Crippen LogP contribution in [0.2, 0.25) is 5.02 Å². The van der Waals surface area contributed by atoms with Crippen LogP contribution in [-0.2, 0) is 4.79 Å². The summed E-state index contributed by atoms with van der Waals surface area (Å²) in [7, 11) is 2.99. The van der Waals surface area contributed by atoms with E-state index in [1.807, 2.05) is 25.1 Å². The molecule has 0 saturated carbocycles. The van der Waals surface area contributed by atoms with E-state index in [9.17, 15) is 14.7 Å². The molecular weight excluding hydrogens is 522 g/mol. The molecular formula is C29H22ClN3O6. The van der Waals surface area contributed by atoms with Crippen molar-refractivity contribution in [3.05, 3.63) is 93.9 Å². The van der Waals surface area contributed by atoms with Gasteiger partial charge in [-0.2, -0.15) is 0 Å². The maximum absolute atomic E-state index is 13.9. The molecule has 39 heavy (non-hydrogen) atoms. The molecule has 0 fully saturated rings. The van der Waals surface area contributed by atoms with Gasteiger partial charge in [0.15, 0.2) is 23.0 Å². The van der Waals surface area contributed by atoms with E-state index < -0.39 is 23.5 Å². The van der Waals surface area contributed by atoms with Gasteiger partial charge >= 0.3 is 0 Å². The highest BCUT2D eigenvalue weighted by atomic mass is 35.5. The number of methoxy groups -OCH3 is 2. The summed E-state index contributed by atoms with van der Waals surface area (Å²) >= 11 is 6.10. The number of halogens is 1. The molecule has 0 spiro atoms. The van der Waals surface area contributed by atoms with Gasteiger partial charge in [0, 0.05) is 10.4 Å². The van der Waals surface area contributed by atoms with Crippen molar-refractivity contribution in [2.75, 3.05) is 19.1 Å². The third-order valence-corrected chi connectivity index (χ3v) is 6.97. The quantitative estimate of drug-likeness (QED) is 0.249. The number of H-pyrrole nitrogens is 1. The number of imidazole rings is 1. The number of carbonyl (C=O) groups is 2. The number of benzene rings is 3. The molecule has 2 N–H and O–H groups in total. The van der Waals surface area contributed by atoms with Crippen LogP contribution in [0.4, 0.5) is 5.95 Å². The number of nitrogens with one attached hydrogen (secondary N) is 1. The van der Waals surface area contributed by atoms with Crippen molar-refractivity contribution in [2.24, 2.45) is 0 Å². The average molecular weight is 544 g/mol. The number of fused-ring (bicyclic) bond motifs is 2. The molecule has 5 aromatic rings. The summed E-state index contributed by atoms with van der Waals surface area (Å²) in [6.45, 7) is 1.94. The lowest BCUT2D eigenvalue weighted by Crippen LogP contribution is -2.32. The minimum Gasteiger partial charge on any atom is -0.503 e. The Bertz CT molecular complexity index is 1840. The minimum absolute atomic E-state index is 0.0471. The lowest BCUT2D eigenvalue weighted by atomic mass is 9.94. The zero-order valence-corrected chi connectivity index (χ0v) is 21.9. The number of anilines is 1. The molecule has 1 aliphatic rings. The number of aliphatic hydroxyl groups is 1. The maximum atomic E-state index is 13.9. The second-order valence-corrected chi connectivity index (χ2v) is 9.59. The Morgan fingerprint density at radius 2 is 1.85 bits per heavy atom. The number of ether oxygens (including phenoxy) is 2. The van der Waals surface area contributed by atoms with Gasteiger partial charge in [0.2, 0.25) is 11.7 Å². The van der Waals surface area contributed by atoms with Gasteiger partial charge in [-0.1, -0.05) is 23.7 Å². The van der Waals surface area contributed by atoms with Crippen molar-refractivity contribution in [1.29, 1.82) is 0 Å². The summed E-state index contributed by atoms with van der Waals surface area (Å²) in [5, 5.41) is 12.2. The molecule has 0 bridgehead atoms. The number of nitrogens with zero attached hydrogens (tertiary/aromatic N) is 2. The first-order valence-electron chi connectivity index (χ1n) is 12.0. The molecule has 0 radical (unpaired) electrons. The largest absolute Gasteiger partial charge is 0.503 e. The second kappa shape index (κ2) is 9.21. The van der Waals surface area contributed by atoms with Crippen molar-refractivity contribution >= 4 is 51.2 Å². The van der Waals surface area contributed by atoms with E-state index in [0.717, 1.165) is 5.56 Å². The van der Waals surface area contributed by atoms with Crippen molar-refractivity contribution in [3.63, 3.8) is 0 Å². The summed E-state index contributed by atoms with van der Waals surface area (Å²) in [5.41, 5.74) is 3.11. The highest BCUT2D eigenvalue weighted by Crippen LogP contribution is 2.44. The predicted octanol–water partition coefficient (Wildman–Crippen LogP) is 6.07. The number of aliphatic hydroxyl groups excluding tert-OH is 1. The van der Waals surface area contributed by atoms with E-state index in [1.165, 1.54) is 25.2 Å². The Hall–Kier alpha value is -4.76. The molecule has 196 valence electrons. The third kappa shape index (κ3) is 3.98. The zero-order valence-electron chi connectivity index (χ0n) is 21.1. The molecule has 3 heterocycles. The van der Waals surface area contributed by atoms with Gasteiger partial charge in [0.05, 0.1) is 36.9 Å². The highest BCUT2D eigenvalue weighted by Gasteiger charge is 2.47.